The molecule has 2 aliphatic rings. The van der Waals surface area contributed by atoms with E-state index in [1.54, 1.807) is 0 Å². The summed E-state index contributed by atoms with van der Waals surface area (Å²) >= 11 is 0. The Hall–Kier alpha value is -3.12. The van der Waals surface area contributed by atoms with Gasteiger partial charge in [0, 0.05) is 0 Å². The van der Waals surface area contributed by atoms with Gasteiger partial charge in [0.1, 0.15) is 0 Å². The van der Waals surface area contributed by atoms with Crippen LogP contribution in [0.5, 0.6) is 0 Å². The van der Waals surface area contributed by atoms with E-state index in [0.717, 1.165) is 19.3 Å². The third-order valence-electron chi connectivity index (χ3n) is 5.70. The van der Waals surface area contributed by atoms with Crippen LogP contribution in [0.2, 0.25) is 0 Å². The van der Waals surface area contributed by atoms with E-state index in [4.69, 9.17) is 0 Å². The van der Waals surface area contributed by atoms with Crippen molar-refractivity contribution in [2.45, 2.75) is 115 Å². The Morgan fingerprint density at radius 3 is 0.732 bits per heavy atom. The van der Waals surface area contributed by atoms with Crippen LogP contribution in [0.1, 0.15) is 129 Å². The van der Waals surface area contributed by atoms with Gasteiger partial charge in [0.25, 0.3) is 0 Å². The fraction of sp³-hybridized carbons (Fsp3) is 0.415. The number of fused-ring (bicyclic) bond motifs is 5. The second kappa shape index (κ2) is 27.1. The lowest BCUT2D eigenvalue weighted by atomic mass is 9.86. The molecule has 0 heteroatoms. The zero-order chi connectivity index (χ0) is 31.5. The van der Waals surface area contributed by atoms with E-state index in [1.807, 2.05) is 55.4 Å². The SMILES string of the molecule is CC.CC.CC.CC.CCC.CCC.c1ccc2c(c1)Cc1ccccc1-2.c1ccc2c(c1)Cc1ccccc1C2. The zero-order valence-corrected chi connectivity index (χ0v) is 28.8. The van der Waals surface area contributed by atoms with E-state index in [2.05, 4.69) is 125 Å². The van der Waals surface area contributed by atoms with Crippen LogP contribution >= 0.6 is 0 Å². The molecule has 4 aromatic carbocycles. The largest absolute Gasteiger partial charge is 0.0683 e. The standard InChI is InChI=1S/C14H12.C13H10.2C3H8.4C2H6/c1-2-6-12-10-14-8-4-3-7-13(14)9-11(12)5-1;1-3-7-12-10(5-1)9-11-6-2-4-8-13(11)12;2*1-3-2;4*1-2/h1-8H,9-10H2;1-8H,9H2;2*3H2,1-2H3;4*1-2H3. The summed E-state index contributed by atoms with van der Waals surface area (Å²) in [5, 5.41) is 0. The fourth-order valence-electron chi connectivity index (χ4n) is 4.29. The van der Waals surface area contributed by atoms with Crippen molar-refractivity contribution in [3.8, 4) is 11.1 Å². The van der Waals surface area contributed by atoms with Crippen molar-refractivity contribution in [2.24, 2.45) is 0 Å². The number of rotatable bonds is 0. The van der Waals surface area contributed by atoms with Crippen molar-refractivity contribution >= 4 is 0 Å². The van der Waals surface area contributed by atoms with E-state index in [0.29, 0.717) is 0 Å². The molecule has 0 saturated carbocycles. The Morgan fingerprint density at radius 1 is 0.317 bits per heavy atom. The molecule has 0 nitrogen and oxygen atoms in total. The predicted octanol–water partition coefficient (Wildman–Crippen LogP) is 13.4. The van der Waals surface area contributed by atoms with Crippen molar-refractivity contribution in [2.75, 3.05) is 0 Å². The minimum atomic E-state index is 1.10. The molecule has 0 atom stereocenters. The van der Waals surface area contributed by atoms with Gasteiger partial charge in [-0.3, -0.25) is 0 Å². The van der Waals surface area contributed by atoms with Crippen LogP contribution in [0.15, 0.2) is 97.1 Å². The maximum atomic E-state index is 2.24. The molecule has 0 fully saturated rings. The number of benzene rings is 4. The number of hydrogen-bond acceptors (Lipinski definition) is 0. The Balaban J connectivity index is 0. The number of hydrogen-bond donors (Lipinski definition) is 0. The third-order valence-corrected chi connectivity index (χ3v) is 5.70. The minimum absolute atomic E-state index is 1.10. The van der Waals surface area contributed by atoms with Crippen LogP contribution in [-0.2, 0) is 19.3 Å². The molecular formula is C41H62. The van der Waals surface area contributed by atoms with Crippen LogP contribution < -0.4 is 0 Å². The molecule has 41 heavy (non-hydrogen) atoms. The molecule has 6 rings (SSSR count). The summed E-state index contributed by atoms with van der Waals surface area (Å²) in [4.78, 5) is 0. The van der Waals surface area contributed by atoms with Gasteiger partial charge in [-0.2, -0.15) is 0 Å². The van der Waals surface area contributed by atoms with E-state index in [1.165, 1.54) is 57.3 Å². The molecule has 0 unspecified atom stereocenters. The van der Waals surface area contributed by atoms with Crippen molar-refractivity contribution < 1.29 is 0 Å². The predicted molar refractivity (Wildman–Crippen MR) is 191 cm³/mol. The highest BCUT2D eigenvalue weighted by Crippen LogP contribution is 2.35. The third kappa shape index (κ3) is 13.9. The van der Waals surface area contributed by atoms with E-state index < -0.39 is 0 Å². The normalized spacial score (nSPS) is 9.85. The molecule has 0 aromatic heterocycles. The molecule has 0 heterocycles. The second-order valence-electron chi connectivity index (χ2n) is 8.80. The van der Waals surface area contributed by atoms with Gasteiger partial charge in [-0.05, 0) is 63.8 Å². The maximum absolute atomic E-state index is 2.24. The van der Waals surface area contributed by atoms with Crippen molar-refractivity contribution in [1.29, 1.82) is 0 Å². The first-order chi connectivity index (χ1) is 20.2. The van der Waals surface area contributed by atoms with Gasteiger partial charge in [0.2, 0.25) is 0 Å². The Morgan fingerprint density at radius 2 is 0.488 bits per heavy atom. The lowest BCUT2D eigenvalue weighted by molar-refractivity contribution is 1.00. The Kier molecular flexibility index (Phi) is 26.4. The summed E-state index contributed by atoms with van der Waals surface area (Å²) < 4.78 is 0. The van der Waals surface area contributed by atoms with Gasteiger partial charge >= 0.3 is 0 Å². The van der Waals surface area contributed by atoms with Crippen molar-refractivity contribution in [1.82, 2.24) is 0 Å². The Labute approximate surface area is 256 Å². The quantitative estimate of drug-likeness (QED) is 0.175. The van der Waals surface area contributed by atoms with Gasteiger partial charge in [-0.15, -0.1) is 0 Å². The maximum Gasteiger partial charge on any atom is -0.00135 e. The monoisotopic (exact) mass is 554 g/mol. The smallest absolute Gasteiger partial charge is 0.00135 e. The Bertz CT molecular complexity index is 1000. The lowest BCUT2D eigenvalue weighted by Gasteiger charge is -2.18. The van der Waals surface area contributed by atoms with Crippen LogP contribution in [0.4, 0.5) is 0 Å². The van der Waals surface area contributed by atoms with E-state index in [-0.39, 0.29) is 0 Å². The van der Waals surface area contributed by atoms with Crippen LogP contribution in [0, 0.1) is 0 Å². The van der Waals surface area contributed by atoms with Gasteiger partial charge in [0.15, 0.2) is 0 Å². The topological polar surface area (TPSA) is 0 Å². The fourth-order valence-corrected chi connectivity index (χ4v) is 4.29. The molecule has 2 aliphatic carbocycles. The first-order valence-electron chi connectivity index (χ1n) is 16.5. The molecule has 4 aromatic rings. The highest BCUT2D eigenvalue weighted by atomic mass is 14.2. The zero-order valence-electron chi connectivity index (χ0n) is 28.8. The van der Waals surface area contributed by atoms with Gasteiger partial charge in [-0.25, -0.2) is 0 Å². The molecule has 0 saturated heterocycles. The highest BCUT2D eigenvalue weighted by Gasteiger charge is 2.16. The molecule has 0 radical (unpaired) electrons. The molecule has 0 spiro atoms. The van der Waals surface area contributed by atoms with Gasteiger partial charge in [-0.1, -0.05) is 193 Å². The summed E-state index contributed by atoms with van der Waals surface area (Å²) in [6.45, 7) is 24.5. The summed E-state index contributed by atoms with van der Waals surface area (Å²) in [5.41, 5.74) is 11.7. The summed E-state index contributed by atoms with van der Waals surface area (Å²) in [6.07, 6.45) is 5.81. The van der Waals surface area contributed by atoms with Gasteiger partial charge in [0.05, 0.1) is 0 Å². The average Bonchev–Trinajstić information content (AvgIpc) is 3.44. The van der Waals surface area contributed by atoms with E-state index in [9.17, 15) is 0 Å². The van der Waals surface area contributed by atoms with Gasteiger partial charge < -0.3 is 0 Å². The lowest BCUT2D eigenvalue weighted by Crippen LogP contribution is -2.06. The molecule has 226 valence electrons. The van der Waals surface area contributed by atoms with Crippen molar-refractivity contribution in [3.63, 3.8) is 0 Å². The molecule has 0 aliphatic heterocycles. The minimum Gasteiger partial charge on any atom is -0.0683 e. The molecule has 0 amide bonds. The highest BCUT2D eigenvalue weighted by molar-refractivity contribution is 5.76. The van der Waals surface area contributed by atoms with Crippen LogP contribution in [-0.4, -0.2) is 0 Å². The summed E-state index contributed by atoms with van der Waals surface area (Å²) in [5.74, 6) is 0. The summed E-state index contributed by atoms with van der Waals surface area (Å²) in [7, 11) is 0. The van der Waals surface area contributed by atoms with Crippen LogP contribution in [0.25, 0.3) is 11.1 Å². The summed E-state index contributed by atoms with van der Waals surface area (Å²) in [6, 6.07) is 34.8. The van der Waals surface area contributed by atoms with Crippen molar-refractivity contribution in [3.05, 3.63) is 130 Å². The molecule has 0 bridgehead atoms. The first-order valence-corrected chi connectivity index (χ1v) is 16.5. The second-order valence-corrected chi connectivity index (χ2v) is 8.80. The van der Waals surface area contributed by atoms with E-state index >= 15 is 0 Å². The molecule has 0 N–H and O–H groups in total. The first kappa shape index (κ1) is 40.0. The van der Waals surface area contributed by atoms with Crippen LogP contribution in [0.3, 0.4) is 0 Å². The molecular weight excluding hydrogens is 492 g/mol. The average molecular weight is 555 g/mol.